The van der Waals surface area contributed by atoms with Crippen molar-refractivity contribution in [2.75, 3.05) is 14.1 Å². The molecular weight excluding hydrogens is 178 g/mol. The summed E-state index contributed by atoms with van der Waals surface area (Å²) < 4.78 is 0. The highest BCUT2D eigenvalue weighted by Gasteiger charge is 2.12. The second-order valence-electron chi connectivity index (χ2n) is 3.38. The number of carbonyl (C=O) groups is 1. The summed E-state index contributed by atoms with van der Waals surface area (Å²) in [5.74, 6) is 0.0364. The zero-order chi connectivity index (χ0) is 10.6. The standard InChI is InChI=1S/C10H15N3O/c1-13(2)10(14)7-9(11)8-3-5-12-6-4-8/h3-6,9H,7,11H2,1-2H3. The van der Waals surface area contributed by atoms with Gasteiger partial charge in [-0.3, -0.25) is 9.78 Å². The molecule has 4 heteroatoms. The number of nitrogens with two attached hydrogens (primary N) is 1. The van der Waals surface area contributed by atoms with Crippen LogP contribution in [-0.4, -0.2) is 29.9 Å². The van der Waals surface area contributed by atoms with Crippen LogP contribution in [0.3, 0.4) is 0 Å². The van der Waals surface area contributed by atoms with Gasteiger partial charge in [-0.25, -0.2) is 0 Å². The van der Waals surface area contributed by atoms with E-state index < -0.39 is 0 Å². The van der Waals surface area contributed by atoms with Crippen molar-refractivity contribution in [3.63, 3.8) is 0 Å². The van der Waals surface area contributed by atoms with Gasteiger partial charge in [-0.05, 0) is 17.7 Å². The molecule has 76 valence electrons. The Morgan fingerprint density at radius 3 is 2.57 bits per heavy atom. The van der Waals surface area contributed by atoms with Gasteiger partial charge in [0, 0.05) is 39.0 Å². The van der Waals surface area contributed by atoms with Crippen LogP contribution in [0.4, 0.5) is 0 Å². The number of aromatic nitrogens is 1. The van der Waals surface area contributed by atoms with Crippen LogP contribution in [-0.2, 0) is 4.79 Å². The van der Waals surface area contributed by atoms with Gasteiger partial charge in [0.1, 0.15) is 0 Å². The van der Waals surface area contributed by atoms with Crippen molar-refractivity contribution in [2.45, 2.75) is 12.5 Å². The first-order valence-corrected chi connectivity index (χ1v) is 4.47. The SMILES string of the molecule is CN(C)C(=O)CC(N)c1ccncc1. The van der Waals surface area contributed by atoms with Crippen LogP contribution >= 0.6 is 0 Å². The van der Waals surface area contributed by atoms with Crippen molar-refractivity contribution in [2.24, 2.45) is 5.73 Å². The van der Waals surface area contributed by atoms with Crippen molar-refractivity contribution in [3.8, 4) is 0 Å². The molecular formula is C10H15N3O. The number of pyridine rings is 1. The summed E-state index contributed by atoms with van der Waals surface area (Å²) in [5.41, 5.74) is 6.80. The van der Waals surface area contributed by atoms with Crippen LogP contribution in [0.15, 0.2) is 24.5 Å². The van der Waals surface area contributed by atoms with E-state index in [-0.39, 0.29) is 11.9 Å². The Morgan fingerprint density at radius 2 is 2.07 bits per heavy atom. The molecule has 0 saturated carbocycles. The Morgan fingerprint density at radius 1 is 1.50 bits per heavy atom. The molecule has 1 aromatic rings. The molecule has 14 heavy (non-hydrogen) atoms. The summed E-state index contributed by atoms with van der Waals surface area (Å²) in [6, 6.07) is 3.41. The van der Waals surface area contributed by atoms with E-state index in [4.69, 9.17) is 5.73 Å². The number of hydrogen-bond acceptors (Lipinski definition) is 3. The van der Waals surface area contributed by atoms with Crippen molar-refractivity contribution < 1.29 is 4.79 Å². The molecule has 0 saturated heterocycles. The van der Waals surface area contributed by atoms with E-state index in [2.05, 4.69) is 4.98 Å². The average molecular weight is 193 g/mol. The van der Waals surface area contributed by atoms with E-state index in [1.54, 1.807) is 31.4 Å². The van der Waals surface area contributed by atoms with Gasteiger partial charge in [0.2, 0.25) is 5.91 Å². The summed E-state index contributed by atoms with van der Waals surface area (Å²) in [4.78, 5) is 16.8. The Hall–Kier alpha value is -1.42. The van der Waals surface area contributed by atoms with Crippen LogP contribution in [0.2, 0.25) is 0 Å². The fourth-order valence-electron chi connectivity index (χ4n) is 1.10. The maximum atomic E-state index is 11.4. The van der Waals surface area contributed by atoms with E-state index in [1.807, 2.05) is 12.1 Å². The molecule has 0 spiro atoms. The summed E-state index contributed by atoms with van der Waals surface area (Å²) in [6.45, 7) is 0. The number of carbonyl (C=O) groups excluding carboxylic acids is 1. The number of amides is 1. The maximum Gasteiger partial charge on any atom is 0.223 e. The Kier molecular flexibility index (Phi) is 3.59. The molecule has 0 aliphatic rings. The highest BCUT2D eigenvalue weighted by molar-refractivity contribution is 5.76. The van der Waals surface area contributed by atoms with E-state index in [0.29, 0.717) is 6.42 Å². The smallest absolute Gasteiger partial charge is 0.223 e. The average Bonchev–Trinajstić information content (AvgIpc) is 2.19. The summed E-state index contributed by atoms with van der Waals surface area (Å²) in [6.07, 6.45) is 3.68. The molecule has 0 aliphatic carbocycles. The minimum Gasteiger partial charge on any atom is -0.349 e. The van der Waals surface area contributed by atoms with Crippen molar-refractivity contribution >= 4 is 5.91 Å². The molecule has 2 N–H and O–H groups in total. The third-order valence-electron chi connectivity index (χ3n) is 2.03. The van der Waals surface area contributed by atoms with Gasteiger partial charge in [-0.1, -0.05) is 0 Å². The molecule has 1 heterocycles. The molecule has 1 unspecified atom stereocenters. The van der Waals surface area contributed by atoms with Gasteiger partial charge in [-0.15, -0.1) is 0 Å². The Bertz CT molecular complexity index is 297. The van der Waals surface area contributed by atoms with Gasteiger partial charge in [0.05, 0.1) is 0 Å². The fourth-order valence-corrected chi connectivity index (χ4v) is 1.10. The lowest BCUT2D eigenvalue weighted by Gasteiger charge is -2.15. The summed E-state index contributed by atoms with van der Waals surface area (Å²) in [7, 11) is 3.45. The van der Waals surface area contributed by atoms with Crippen LogP contribution in [0.5, 0.6) is 0 Å². The third-order valence-corrected chi connectivity index (χ3v) is 2.03. The first-order chi connectivity index (χ1) is 6.61. The molecule has 1 atom stereocenters. The Labute approximate surface area is 83.7 Å². The maximum absolute atomic E-state index is 11.4. The molecule has 4 nitrogen and oxygen atoms in total. The van der Waals surface area contributed by atoms with Gasteiger partial charge in [-0.2, -0.15) is 0 Å². The fraction of sp³-hybridized carbons (Fsp3) is 0.400. The van der Waals surface area contributed by atoms with Crippen molar-refractivity contribution in [1.82, 2.24) is 9.88 Å². The second-order valence-corrected chi connectivity index (χ2v) is 3.38. The number of rotatable bonds is 3. The van der Waals surface area contributed by atoms with E-state index >= 15 is 0 Å². The monoisotopic (exact) mass is 193 g/mol. The lowest BCUT2D eigenvalue weighted by atomic mass is 10.1. The van der Waals surface area contributed by atoms with E-state index in [1.165, 1.54) is 0 Å². The number of nitrogens with zero attached hydrogens (tertiary/aromatic N) is 2. The van der Waals surface area contributed by atoms with Crippen LogP contribution in [0, 0.1) is 0 Å². The van der Waals surface area contributed by atoms with E-state index in [9.17, 15) is 4.79 Å². The second kappa shape index (κ2) is 4.72. The Balaban J connectivity index is 2.59. The third kappa shape index (κ3) is 2.81. The molecule has 0 aliphatic heterocycles. The topological polar surface area (TPSA) is 59.2 Å². The number of hydrogen-bond donors (Lipinski definition) is 1. The van der Waals surface area contributed by atoms with Crippen LogP contribution in [0.1, 0.15) is 18.0 Å². The van der Waals surface area contributed by atoms with Gasteiger partial charge >= 0.3 is 0 Å². The van der Waals surface area contributed by atoms with Gasteiger partial charge in [0.25, 0.3) is 0 Å². The van der Waals surface area contributed by atoms with Gasteiger partial charge in [0.15, 0.2) is 0 Å². The molecule has 0 bridgehead atoms. The van der Waals surface area contributed by atoms with Crippen molar-refractivity contribution in [3.05, 3.63) is 30.1 Å². The lowest BCUT2D eigenvalue weighted by Crippen LogP contribution is -2.26. The summed E-state index contributed by atoms with van der Waals surface area (Å²) in [5, 5.41) is 0. The highest BCUT2D eigenvalue weighted by Crippen LogP contribution is 2.12. The van der Waals surface area contributed by atoms with Crippen LogP contribution < -0.4 is 5.73 Å². The highest BCUT2D eigenvalue weighted by atomic mass is 16.2. The van der Waals surface area contributed by atoms with E-state index in [0.717, 1.165) is 5.56 Å². The largest absolute Gasteiger partial charge is 0.349 e. The zero-order valence-electron chi connectivity index (χ0n) is 8.47. The normalized spacial score (nSPS) is 12.2. The molecule has 0 aromatic carbocycles. The lowest BCUT2D eigenvalue weighted by molar-refractivity contribution is -0.129. The zero-order valence-corrected chi connectivity index (χ0v) is 8.47. The molecule has 0 radical (unpaired) electrons. The summed E-state index contributed by atoms with van der Waals surface area (Å²) >= 11 is 0. The molecule has 1 aromatic heterocycles. The van der Waals surface area contributed by atoms with Crippen LogP contribution in [0.25, 0.3) is 0 Å². The minimum absolute atomic E-state index is 0.0364. The first kappa shape index (κ1) is 10.7. The first-order valence-electron chi connectivity index (χ1n) is 4.47. The predicted molar refractivity (Wildman–Crippen MR) is 54.5 cm³/mol. The molecule has 0 fully saturated rings. The predicted octanol–water partition coefficient (Wildman–Crippen LogP) is 0.560. The van der Waals surface area contributed by atoms with Gasteiger partial charge < -0.3 is 10.6 Å². The van der Waals surface area contributed by atoms with Crippen molar-refractivity contribution in [1.29, 1.82) is 0 Å². The minimum atomic E-state index is -0.243. The quantitative estimate of drug-likeness (QED) is 0.763. The molecule has 1 rings (SSSR count). The molecule has 1 amide bonds.